The van der Waals surface area contributed by atoms with E-state index in [9.17, 15) is 19.1 Å². The summed E-state index contributed by atoms with van der Waals surface area (Å²) in [7, 11) is 0. The minimum atomic E-state index is -1.36. The van der Waals surface area contributed by atoms with E-state index >= 15 is 0 Å². The lowest BCUT2D eigenvalue weighted by Gasteiger charge is -2.34. The summed E-state index contributed by atoms with van der Waals surface area (Å²) in [4.78, 5) is 26.3. The van der Waals surface area contributed by atoms with Crippen molar-refractivity contribution < 1.29 is 19.1 Å². The summed E-state index contributed by atoms with van der Waals surface area (Å²) < 4.78 is 13.9. The third-order valence-corrected chi connectivity index (χ3v) is 4.74. The lowest BCUT2D eigenvalue weighted by molar-refractivity contribution is -0.142. The summed E-state index contributed by atoms with van der Waals surface area (Å²) in [6.45, 7) is 0.427. The van der Waals surface area contributed by atoms with Gasteiger partial charge in [-0.15, -0.1) is 0 Å². The topological polar surface area (TPSA) is 69.6 Å². The highest BCUT2D eigenvalue weighted by Crippen LogP contribution is 2.30. The second-order valence-corrected chi connectivity index (χ2v) is 6.35. The maximum Gasteiger partial charge on any atom is 0.252 e. The van der Waals surface area contributed by atoms with Crippen LogP contribution in [0.3, 0.4) is 0 Å². The van der Waals surface area contributed by atoms with Gasteiger partial charge in [0.15, 0.2) is 0 Å². The van der Waals surface area contributed by atoms with Crippen molar-refractivity contribution in [3.8, 4) is 0 Å². The number of carbonyl (C=O) groups is 2. The van der Waals surface area contributed by atoms with Gasteiger partial charge in [-0.1, -0.05) is 12.1 Å². The van der Waals surface area contributed by atoms with Crippen LogP contribution >= 0.6 is 0 Å². The number of amides is 2. The number of halogens is 1. The van der Waals surface area contributed by atoms with Crippen LogP contribution in [0.1, 0.15) is 38.5 Å². The zero-order valence-corrected chi connectivity index (χ0v) is 12.9. The van der Waals surface area contributed by atoms with Crippen LogP contribution < -0.4 is 10.2 Å². The molecule has 1 heterocycles. The molecule has 3 rings (SSSR count). The molecule has 124 valence electrons. The van der Waals surface area contributed by atoms with Crippen LogP contribution in [0.4, 0.5) is 10.1 Å². The summed E-state index contributed by atoms with van der Waals surface area (Å²) in [5, 5.41) is 13.0. The Balaban J connectivity index is 1.73. The fourth-order valence-corrected chi connectivity index (χ4v) is 3.40. The predicted molar refractivity (Wildman–Crippen MR) is 83.3 cm³/mol. The second kappa shape index (κ2) is 6.28. The highest BCUT2D eigenvalue weighted by molar-refractivity contribution is 6.00. The van der Waals surface area contributed by atoms with Gasteiger partial charge < -0.3 is 15.3 Å². The molecule has 1 saturated carbocycles. The van der Waals surface area contributed by atoms with Crippen LogP contribution in [-0.4, -0.2) is 35.1 Å². The molecule has 1 aromatic rings. The summed E-state index contributed by atoms with van der Waals surface area (Å²) >= 11 is 0. The number of aliphatic hydroxyl groups is 1. The molecule has 6 heteroatoms. The molecule has 0 bridgehead atoms. The van der Waals surface area contributed by atoms with E-state index in [4.69, 9.17) is 0 Å². The highest BCUT2D eigenvalue weighted by atomic mass is 19.1. The lowest BCUT2D eigenvalue weighted by Crippen LogP contribution is -2.57. The van der Waals surface area contributed by atoms with Crippen molar-refractivity contribution in [1.82, 2.24) is 5.32 Å². The molecule has 0 radical (unpaired) electrons. The molecular weight excluding hydrogens is 299 g/mol. The van der Waals surface area contributed by atoms with Crippen molar-refractivity contribution in [1.29, 1.82) is 0 Å². The van der Waals surface area contributed by atoms with E-state index in [0.29, 0.717) is 32.2 Å². The van der Waals surface area contributed by atoms with Crippen molar-refractivity contribution in [3.63, 3.8) is 0 Å². The van der Waals surface area contributed by atoms with Gasteiger partial charge in [-0.25, -0.2) is 4.39 Å². The minimum Gasteiger partial charge on any atom is -0.380 e. The molecule has 23 heavy (non-hydrogen) atoms. The number of nitrogens with zero attached hydrogens (tertiary/aromatic N) is 1. The van der Waals surface area contributed by atoms with Gasteiger partial charge in [0.05, 0.1) is 5.69 Å². The molecule has 1 aromatic carbocycles. The van der Waals surface area contributed by atoms with E-state index in [0.717, 1.165) is 12.8 Å². The fraction of sp³-hybridized carbons (Fsp3) is 0.529. The second-order valence-electron chi connectivity index (χ2n) is 6.35. The summed E-state index contributed by atoms with van der Waals surface area (Å²) in [5.74, 6) is -1.26. The molecule has 1 aliphatic carbocycles. The van der Waals surface area contributed by atoms with Gasteiger partial charge in [0.1, 0.15) is 17.5 Å². The summed E-state index contributed by atoms with van der Waals surface area (Å²) in [6.07, 6.45) is 3.65. The van der Waals surface area contributed by atoms with Crippen LogP contribution in [0.5, 0.6) is 0 Å². The normalized spacial score (nSPS) is 23.8. The number of anilines is 1. The Kier molecular flexibility index (Phi) is 4.35. The van der Waals surface area contributed by atoms with E-state index in [2.05, 4.69) is 5.32 Å². The van der Waals surface area contributed by atoms with Crippen LogP contribution in [0.25, 0.3) is 0 Å². The number of carbonyl (C=O) groups excluding carboxylic acids is 2. The monoisotopic (exact) mass is 320 g/mol. The van der Waals surface area contributed by atoms with Crippen molar-refractivity contribution in [2.24, 2.45) is 0 Å². The number of hydrogen-bond donors (Lipinski definition) is 2. The quantitative estimate of drug-likeness (QED) is 0.891. The van der Waals surface area contributed by atoms with Gasteiger partial charge in [0, 0.05) is 6.54 Å². The minimum absolute atomic E-state index is 0.232. The van der Waals surface area contributed by atoms with Gasteiger partial charge >= 0.3 is 0 Å². The van der Waals surface area contributed by atoms with Crippen molar-refractivity contribution in [3.05, 3.63) is 30.1 Å². The Labute approximate surface area is 134 Å². The van der Waals surface area contributed by atoms with Crippen LogP contribution in [-0.2, 0) is 9.59 Å². The highest BCUT2D eigenvalue weighted by Gasteiger charge is 2.41. The van der Waals surface area contributed by atoms with Crippen LogP contribution in [0.2, 0.25) is 0 Å². The molecule has 5 nitrogen and oxygen atoms in total. The van der Waals surface area contributed by atoms with Gasteiger partial charge in [0.25, 0.3) is 5.91 Å². The first-order valence-corrected chi connectivity index (χ1v) is 8.10. The van der Waals surface area contributed by atoms with Gasteiger partial charge in [-0.2, -0.15) is 0 Å². The fourth-order valence-electron chi connectivity index (χ4n) is 3.40. The zero-order chi connectivity index (χ0) is 16.4. The molecule has 0 unspecified atom stereocenters. The first kappa shape index (κ1) is 15.9. The first-order chi connectivity index (χ1) is 11.0. The third-order valence-electron chi connectivity index (χ3n) is 4.74. The number of hydrogen-bond acceptors (Lipinski definition) is 3. The average molecular weight is 320 g/mol. The number of benzene rings is 1. The van der Waals surface area contributed by atoms with Crippen molar-refractivity contribution in [2.45, 2.75) is 50.2 Å². The number of rotatable bonds is 3. The number of para-hydroxylation sites is 1. The number of piperidine rings is 1. The summed E-state index contributed by atoms with van der Waals surface area (Å²) in [5.41, 5.74) is -1.13. The van der Waals surface area contributed by atoms with Crippen LogP contribution in [0.15, 0.2) is 24.3 Å². The largest absolute Gasteiger partial charge is 0.380 e. The number of nitrogens with one attached hydrogen (secondary N) is 1. The smallest absolute Gasteiger partial charge is 0.252 e. The maximum absolute atomic E-state index is 13.9. The molecule has 2 aliphatic rings. The Morgan fingerprint density at radius 2 is 1.96 bits per heavy atom. The van der Waals surface area contributed by atoms with E-state index in [1.54, 1.807) is 18.2 Å². The molecule has 2 fully saturated rings. The molecule has 2 amide bonds. The van der Waals surface area contributed by atoms with Gasteiger partial charge in [0.2, 0.25) is 5.91 Å². The molecule has 0 aromatic heterocycles. The molecule has 2 N–H and O–H groups in total. The molecule has 1 atom stereocenters. The first-order valence-electron chi connectivity index (χ1n) is 8.10. The summed E-state index contributed by atoms with van der Waals surface area (Å²) in [6, 6.07) is 5.41. The molecule has 1 saturated heterocycles. The Hall–Kier alpha value is -1.95. The standard InChI is InChI=1S/C17H21FN2O3/c18-12-6-1-2-8-14(12)20-11-5-7-13(15(20)21)19-16(22)17(23)9-3-4-10-17/h1-2,6,8,13,23H,3-5,7,9-11H2,(H,19,22)/t13-/m1/s1. The van der Waals surface area contributed by atoms with Gasteiger partial charge in [-0.05, 0) is 50.7 Å². The van der Waals surface area contributed by atoms with E-state index in [1.165, 1.54) is 11.0 Å². The van der Waals surface area contributed by atoms with E-state index in [-0.39, 0.29) is 11.6 Å². The predicted octanol–water partition coefficient (Wildman–Crippen LogP) is 1.74. The molecular formula is C17H21FN2O3. The van der Waals surface area contributed by atoms with Gasteiger partial charge in [-0.3, -0.25) is 9.59 Å². The van der Waals surface area contributed by atoms with Crippen molar-refractivity contribution in [2.75, 3.05) is 11.4 Å². The molecule has 0 spiro atoms. The SMILES string of the molecule is O=C1[C@H](NC(=O)C2(O)CCCC2)CCCN1c1ccccc1F. The third kappa shape index (κ3) is 3.08. The van der Waals surface area contributed by atoms with E-state index < -0.39 is 23.4 Å². The Morgan fingerprint density at radius 3 is 2.65 bits per heavy atom. The lowest BCUT2D eigenvalue weighted by atomic mass is 9.98. The Bertz CT molecular complexity index is 614. The zero-order valence-electron chi connectivity index (χ0n) is 12.9. The average Bonchev–Trinajstić information content (AvgIpc) is 2.98. The molecule has 1 aliphatic heterocycles. The maximum atomic E-state index is 13.9. The van der Waals surface area contributed by atoms with Crippen molar-refractivity contribution >= 4 is 17.5 Å². The Morgan fingerprint density at radius 1 is 1.26 bits per heavy atom. The van der Waals surface area contributed by atoms with E-state index in [1.807, 2.05) is 0 Å². The van der Waals surface area contributed by atoms with Crippen LogP contribution in [0, 0.1) is 5.82 Å².